The van der Waals surface area contributed by atoms with Crippen molar-refractivity contribution in [3.8, 4) is 0 Å². The van der Waals surface area contributed by atoms with Gasteiger partial charge < -0.3 is 0 Å². The van der Waals surface area contributed by atoms with Crippen LogP contribution in [0, 0.1) is 11.3 Å². The van der Waals surface area contributed by atoms with Gasteiger partial charge in [-0.3, -0.25) is 4.79 Å². The van der Waals surface area contributed by atoms with Crippen molar-refractivity contribution in [1.29, 1.82) is 0 Å². The van der Waals surface area contributed by atoms with E-state index in [-0.39, 0.29) is 17.2 Å². The Morgan fingerprint density at radius 2 is 2.35 bits per heavy atom. The maximum atomic E-state index is 12.4. The number of benzene rings is 1. The molecule has 1 aliphatic rings. The third-order valence-electron chi connectivity index (χ3n) is 3.74. The Bertz CT molecular complexity index is 613. The second-order valence-electron chi connectivity index (χ2n) is 4.88. The summed E-state index contributed by atoms with van der Waals surface area (Å²) in [5.41, 5.74) is 0.574. The molecule has 1 aromatic heterocycles. The van der Waals surface area contributed by atoms with Crippen molar-refractivity contribution in [3.63, 3.8) is 0 Å². The number of aromatic nitrogens is 2. The van der Waals surface area contributed by atoms with Gasteiger partial charge in [-0.2, -0.15) is 9.78 Å². The minimum atomic E-state index is -0.309. The predicted molar refractivity (Wildman–Crippen MR) is 66.8 cm³/mol. The number of hydrogen-bond acceptors (Lipinski definition) is 2. The van der Waals surface area contributed by atoms with E-state index in [1.165, 1.54) is 4.68 Å². The van der Waals surface area contributed by atoms with Crippen LogP contribution in [0.15, 0.2) is 43.1 Å². The van der Waals surface area contributed by atoms with Crippen LogP contribution in [0.1, 0.15) is 18.1 Å². The zero-order chi connectivity index (χ0) is 12.0. The van der Waals surface area contributed by atoms with E-state index in [4.69, 9.17) is 0 Å². The fourth-order valence-electron chi connectivity index (χ4n) is 2.36. The smallest absolute Gasteiger partial charge is 0.253 e. The highest BCUT2D eigenvalue weighted by atomic mass is 16.2. The molecule has 2 atom stereocenters. The minimum absolute atomic E-state index is 0.0728. The van der Waals surface area contributed by atoms with Crippen molar-refractivity contribution in [3.05, 3.63) is 43.1 Å². The predicted octanol–water partition coefficient (Wildman–Crippen LogP) is 2.89. The van der Waals surface area contributed by atoms with Crippen LogP contribution in [0.4, 0.5) is 0 Å². The lowest BCUT2D eigenvalue weighted by atomic mass is 10.1. The molecule has 0 unspecified atom stereocenters. The zero-order valence-corrected chi connectivity index (χ0v) is 9.76. The Kier molecular flexibility index (Phi) is 1.99. The van der Waals surface area contributed by atoms with Gasteiger partial charge >= 0.3 is 0 Å². The lowest BCUT2D eigenvalue weighted by molar-refractivity contribution is 0.0807. The number of rotatable bonds is 2. The van der Waals surface area contributed by atoms with Gasteiger partial charge in [0, 0.05) is 5.39 Å². The molecule has 1 aliphatic carbocycles. The number of allylic oxidation sites excluding steroid dienone is 1. The van der Waals surface area contributed by atoms with Gasteiger partial charge in [-0.05, 0) is 18.4 Å². The molecule has 3 heteroatoms. The quantitative estimate of drug-likeness (QED) is 0.738. The minimum Gasteiger partial charge on any atom is -0.272 e. The molecule has 1 saturated carbocycles. The van der Waals surface area contributed by atoms with Crippen LogP contribution < -0.4 is 0 Å². The van der Waals surface area contributed by atoms with Gasteiger partial charge in [0.05, 0.1) is 17.1 Å². The number of carbonyl (C=O) groups is 1. The van der Waals surface area contributed by atoms with Crippen LogP contribution in [0.5, 0.6) is 0 Å². The fourth-order valence-corrected chi connectivity index (χ4v) is 2.36. The molecule has 3 rings (SSSR count). The van der Waals surface area contributed by atoms with Gasteiger partial charge in [0.2, 0.25) is 0 Å². The standard InChI is InChI=1S/C14H14N2O/c1-3-11-8-14(11,2)13(17)16-12-7-5-4-6-10(12)9-15-16/h3-7,9,11H,1,8H2,2H3/t11-,14+/m0/s1. The van der Waals surface area contributed by atoms with Crippen LogP contribution in [0.3, 0.4) is 0 Å². The van der Waals surface area contributed by atoms with Crippen LogP contribution >= 0.6 is 0 Å². The molecule has 3 nitrogen and oxygen atoms in total. The Labute approximate surface area is 99.7 Å². The first kappa shape index (κ1) is 10.3. The highest BCUT2D eigenvalue weighted by molar-refractivity contribution is 5.95. The second kappa shape index (κ2) is 3.29. The number of fused-ring (bicyclic) bond motifs is 1. The molecule has 2 aromatic rings. The van der Waals surface area contributed by atoms with Gasteiger partial charge in [-0.25, -0.2) is 0 Å². The average Bonchev–Trinajstić information content (AvgIpc) is 2.86. The molecular weight excluding hydrogens is 212 g/mol. The first-order valence-electron chi connectivity index (χ1n) is 5.77. The van der Waals surface area contributed by atoms with Crippen LogP contribution in [0.25, 0.3) is 10.9 Å². The van der Waals surface area contributed by atoms with Crippen molar-refractivity contribution in [2.45, 2.75) is 13.3 Å². The SMILES string of the molecule is C=C[C@H]1C[C@@]1(C)C(=O)n1ncc2ccccc21. The molecule has 0 spiro atoms. The summed E-state index contributed by atoms with van der Waals surface area (Å²) in [5, 5.41) is 5.20. The van der Waals surface area contributed by atoms with Gasteiger partial charge in [0.15, 0.2) is 0 Å². The Hall–Kier alpha value is -1.90. The monoisotopic (exact) mass is 226 g/mol. The average molecular weight is 226 g/mol. The Morgan fingerprint density at radius 1 is 1.59 bits per heavy atom. The Balaban J connectivity index is 2.05. The zero-order valence-electron chi connectivity index (χ0n) is 9.76. The van der Waals surface area contributed by atoms with E-state index in [2.05, 4.69) is 11.7 Å². The summed E-state index contributed by atoms with van der Waals surface area (Å²) in [6.45, 7) is 5.75. The highest BCUT2D eigenvalue weighted by Crippen LogP contribution is 2.53. The molecule has 0 radical (unpaired) electrons. The van der Waals surface area contributed by atoms with Gasteiger partial charge in [0.25, 0.3) is 5.91 Å². The molecule has 0 aliphatic heterocycles. The van der Waals surface area contributed by atoms with E-state index in [0.717, 1.165) is 17.3 Å². The third kappa shape index (κ3) is 1.35. The summed E-state index contributed by atoms with van der Waals surface area (Å²) in [7, 11) is 0. The van der Waals surface area contributed by atoms with E-state index in [1.807, 2.05) is 37.3 Å². The largest absolute Gasteiger partial charge is 0.272 e. The lowest BCUT2D eigenvalue weighted by Crippen LogP contribution is -2.23. The van der Waals surface area contributed by atoms with Gasteiger partial charge in [-0.1, -0.05) is 31.2 Å². The molecule has 0 N–H and O–H groups in total. The normalized spacial score (nSPS) is 27.0. The number of para-hydroxylation sites is 1. The van der Waals surface area contributed by atoms with Crippen molar-refractivity contribution < 1.29 is 4.79 Å². The van der Waals surface area contributed by atoms with Crippen molar-refractivity contribution in [2.24, 2.45) is 11.3 Å². The van der Waals surface area contributed by atoms with Crippen molar-refractivity contribution >= 4 is 16.8 Å². The molecule has 1 aromatic carbocycles. The first-order valence-corrected chi connectivity index (χ1v) is 5.77. The van der Waals surface area contributed by atoms with E-state index in [1.54, 1.807) is 6.20 Å². The lowest BCUT2D eigenvalue weighted by Gasteiger charge is -2.09. The van der Waals surface area contributed by atoms with Crippen LogP contribution in [-0.4, -0.2) is 15.7 Å². The Morgan fingerprint density at radius 3 is 3.06 bits per heavy atom. The maximum Gasteiger partial charge on any atom is 0.253 e. The molecule has 0 bridgehead atoms. The second-order valence-corrected chi connectivity index (χ2v) is 4.88. The molecule has 1 heterocycles. The van der Waals surface area contributed by atoms with Crippen LogP contribution in [-0.2, 0) is 0 Å². The maximum absolute atomic E-state index is 12.4. The van der Waals surface area contributed by atoms with Crippen molar-refractivity contribution in [1.82, 2.24) is 9.78 Å². The van der Waals surface area contributed by atoms with Crippen LogP contribution in [0.2, 0.25) is 0 Å². The van der Waals surface area contributed by atoms with Gasteiger partial charge in [0.1, 0.15) is 0 Å². The number of nitrogens with zero attached hydrogens (tertiary/aromatic N) is 2. The molecule has 17 heavy (non-hydrogen) atoms. The fraction of sp³-hybridized carbons (Fsp3) is 0.286. The summed E-state index contributed by atoms with van der Waals surface area (Å²) < 4.78 is 1.53. The topological polar surface area (TPSA) is 34.9 Å². The van der Waals surface area contributed by atoms with E-state index in [0.29, 0.717) is 0 Å². The first-order chi connectivity index (χ1) is 8.16. The highest BCUT2D eigenvalue weighted by Gasteiger charge is 2.55. The van der Waals surface area contributed by atoms with Crippen molar-refractivity contribution in [2.75, 3.05) is 0 Å². The molecule has 0 saturated heterocycles. The summed E-state index contributed by atoms with van der Waals surface area (Å²) >= 11 is 0. The molecule has 86 valence electrons. The molecule has 0 amide bonds. The summed E-state index contributed by atoms with van der Waals surface area (Å²) in [6, 6.07) is 7.76. The van der Waals surface area contributed by atoms with E-state index < -0.39 is 0 Å². The number of hydrogen-bond donors (Lipinski definition) is 0. The van der Waals surface area contributed by atoms with E-state index >= 15 is 0 Å². The third-order valence-corrected chi connectivity index (χ3v) is 3.74. The molecule has 1 fully saturated rings. The summed E-state index contributed by atoms with van der Waals surface area (Å²) in [5.74, 6) is 0.363. The summed E-state index contributed by atoms with van der Waals surface area (Å²) in [6.07, 6.45) is 4.48. The molecular formula is C14H14N2O. The van der Waals surface area contributed by atoms with Gasteiger partial charge in [-0.15, -0.1) is 6.58 Å². The summed E-state index contributed by atoms with van der Waals surface area (Å²) in [4.78, 5) is 12.4. The van der Waals surface area contributed by atoms with E-state index in [9.17, 15) is 4.79 Å². The number of carbonyl (C=O) groups excluding carboxylic acids is 1.